The molecule has 0 amide bonds. The zero-order valence-electron chi connectivity index (χ0n) is 19.9. The Labute approximate surface area is 203 Å². The number of nitrogens with one attached hydrogen (secondary N) is 1. The maximum Gasteiger partial charge on any atom is 0.320 e. The summed E-state index contributed by atoms with van der Waals surface area (Å²) in [6.07, 6.45) is 8.36. The van der Waals surface area contributed by atoms with Crippen molar-refractivity contribution < 1.29 is 14.2 Å². The maximum absolute atomic E-state index is 5.78. The van der Waals surface area contributed by atoms with Crippen LogP contribution >= 0.6 is 0 Å². The molecule has 3 fully saturated rings. The highest BCUT2D eigenvalue weighted by Gasteiger charge is 2.36. The molecule has 0 radical (unpaired) electrons. The molecule has 182 valence electrons. The van der Waals surface area contributed by atoms with Crippen LogP contribution in [0.2, 0.25) is 0 Å². The summed E-state index contributed by atoms with van der Waals surface area (Å²) in [6.45, 7) is 2.90. The van der Waals surface area contributed by atoms with Crippen LogP contribution in [0.25, 0.3) is 11.2 Å². The van der Waals surface area contributed by atoms with Gasteiger partial charge in [0, 0.05) is 25.4 Å². The van der Waals surface area contributed by atoms with Crippen LogP contribution < -0.4 is 10.1 Å². The smallest absolute Gasteiger partial charge is 0.320 e. The monoisotopic (exact) mass is 475 g/mol. The Morgan fingerprint density at radius 1 is 1.11 bits per heavy atom. The summed E-state index contributed by atoms with van der Waals surface area (Å²) < 4.78 is 18.6. The number of imidazole rings is 1. The van der Waals surface area contributed by atoms with E-state index in [1.54, 1.807) is 25.7 Å². The standard InChI is InChI=1S/C20H21N7O2.C5H8O/c1-3-21-17-16-18(25-20(24-17)29-12-15-10-7-11-23-26-15)27(13-22-16)19(28-2)14-8-5-4-6-9-14;1-2-5-3-4(1)6-5/h4-11,13,19H,3,12H2,1-2H3,(H,21,24,25);4-5H,1-3H2. The first-order chi connectivity index (χ1) is 17.2. The van der Waals surface area contributed by atoms with Crippen molar-refractivity contribution in [2.45, 2.75) is 51.2 Å². The number of nitrogens with zero attached hydrogens (tertiary/aromatic N) is 6. The summed E-state index contributed by atoms with van der Waals surface area (Å²) in [4.78, 5) is 13.6. The number of ether oxygens (including phenoxy) is 3. The molecular formula is C25H29N7O3. The summed E-state index contributed by atoms with van der Waals surface area (Å²) in [6, 6.07) is 13.8. The third-order valence-corrected chi connectivity index (χ3v) is 6.00. The maximum atomic E-state index is 5.78. The molecule has 10 heteroatoms. The van der Waals surface area contributed by atoms with Gasteiger partial charge in [0.2, 0.25) is 0 Å². The second-order valence-corrected chi connectivity index (χ2v) is 8.40. The van der Waals surface area contributed by atoms with Gasteiger partial charge in [0.1, 0.15) is 12.3 Å². The highest BCUT2D eigenvalue weighted by atomic mass is 16.5. The summed E-state index contributed by atoms with van der Waals surface area (Å²) in [5, 5.41) is 11.1. The number of hydrogen-bond donors (Lipinski definition) is 1. The molecule has 4 aromatic rings. The van der Waals surface area contributed by atoms with Crippen LogP contribution in [0.15, 0.2) is 55.0 Å². The van der Waals surface area contributed by atoms with E-state index in [1.807, 2.05) is 47.9 Å². The van der Waals surface area contributed by atoms with Gasteiger partial charge in [0.05, 0.1) is 18.5 Å². The van der Waals surface area contributed by atoms with Crippen molar-refractivity contribution in [3.8, 4) is 6.01 Å². The van der Waals surface area contributed by atoms with Crippen molar-refractivity contribution in [1.82, 2.24) is 29.7 Å². The van der Waals surface area contributed by atoms with Gasteiger partial charge >= 0.3 is 6.01 Å². The quantitative estimate of drug-likeness (QED) is 0.407. The van der Waals surface area contributed by atoms with E-state index in [1.165, 1.54) is 19.3 Å². The molecule has 10 nitrogen and oxygen atoms in total. The van der Waals surface area contributed by atoms with E-state index in [4.69, 9.17) is 14.2 Å². The van der Waals surface area contributed by atoms with Crippen molar-refractivity contribution in [3.05, 3.63) is 66.2 Å². The van der Waals surface area contributed by atoms with Gasteiger partial charge in [-0.3, -0.25) is 4.57 Å². The minimum absolute atomic E-state index is 0.214. The zero-order valence-corrected chi connectivity index (χ0v) is 19.9. The van der Waals surface area contributed by atoms with Gasteiger partial charge in [-0.25, -0.2) is 4.98 Å². The highest BCUT2D eigenvalue weighted by molar-refractivity contribution is 5.83. The molecule has 3 aliphatic rings. The first-order valence-corrected chi connectivity index (χ1v) is 11.9. The Kier molecular flexibility index (Phi) is 7.10. The average molecular weight is 476 g/mol. The molecule has 1 aliphatic carbocycles. The Morgan fingerprint density at radius 2 is 1.91 bits per heavy atom. The molecule has 0 spiro atoms. The van der Waals surface area contributed by atoms with Gasteiger partial charge in [0.15, 0.2) is 23.2 Å². The van der Waals surface area contributed by atoms with Gasteiger partial charge in [0.25, 0.3) is 0 Å². The number of aromatic nitrogens is 6. The van der Waals surface area contributed by atoms with Gasteiger partial charge in [-0.15, -0.1) is 0 Å². The number of fused-ring (bicyclic) bond motifs is 2. The molecule has 2 saturated heterocycles. The van der Waals surface area contributed by atoms with Crippen molar-refractivity contribution >= 4 is 17.0 Å². The first kappa shape index (κ1) is 23.1. The minimum Gasteiger partial charge on any atom is -0.457 e. The molecule has 3 unspecified atom stereocenters. The Bertz CT molecular complexity index is 1220. The van der Waals surface area contributed by atoms with E-state index in [-0.39, 0.29) is 18.8 Å². The number of hydrogen-bond acceptors (Lipinski definition) is 9. The zero-order chi connectivity index (χ0) is 24.0. The second kappa shape index (κ2) is 10.7. The number of benzene rings is 1. The lowest BCUT2D eigenvalue weighted by molar-refractivity contribution is -0.0647. The number of anilines is 1. The van der Waals surface area contributed by atoms with E-state index < -0.39 is 0 Å². The second-order valence-electron chi connectivity index (χ2n) is 8.40. The molecule has 1 saturated carbocycles. The number of rotatable bonds is 8. The van der Waals surface area contributed by atoms with Crippen LogP contribution in [-0.2, 0) is 16.1 Å². The lowest BCUT2D eigenvalue weighted by Gasteiger charge is -2.23. The van der Waals surface area contributed by atoms with Crippen LogP contribution in [0, 0.1) is 0 Å². The molecule has 2 aliphatic heterocycles. The summed E-state index contributed by atoms with van der Waals surface area (Å²) in [5.74, 6) is 0.605. The predicted molar refractivity (Wildman–Crippen MR) is 130 cm³/mol. The van der Waals surface area contributed by atoms with E-state index in [2.05, 4.69) is 30.5 Å². The minimum atomic E-state index is -0.376. The van der Waals surface area contributed by atoms with Crippen LogP contribution in [0.4, 0.5) is 5.82 Å². The molecule has 2 bridgehead atoms. The van der Waals surface area contributed by atoms with Gasteiger partial charge in [-0.1, -0.05) is 30.3 Å². The van der Waals surface area contributed by atoms with Crippen molar-refractivity contribution in [2.24, 2.45) is 0 Å². The molecule has 3 atom stereocenters. The van der Waals surface area contributed by atoms with Gasteiger partial charge in [-0.2, -0.15) is 20.2 Å². The molecule has 35 heavy (non-hydrogen) atoms. The Hall–Kier alpha value is -3.63. The molecule has 7 rings (SSSR count). The van der Waals surface area contributed by atoms with E-state index in [0.717, 1.165) is 5.56 Å². The molecule has 5 heterocycles. The summed E-state index contributed by atoms with van der Waals surface area (Å²) in [7, 11) is 1.65. The SMILES string of the molecule is C1CC2CC1O2.CCNc1nc(OCc2cccnn2)nc2c1ncn2C(OC)c1ccccc1. The van der Waals surface area contributed by atoms with Crippen molar-refractivity contribution in [1.29, 1.82) is 0 Å². The van der Waals surface area contributed by atoms with Crippen LogP contribution in [0.5, 0.6) is 6.01 Å². The third kappa shape index (κ3) is 5.23. The largest absolute Gasteiger partial charge is 0.457 e. The van der Waals surface area contributed by atoms with E-state index >= 15 is 0 Å². The third-order valence-electron chi connectivity index (χ3n) is 6.00. The van der Waals surface area contributed by atoms with Crippen LogP contribution in [-0.4, -0.2) is 55.6 Å². The fourth-order valence-corrected chi connectivity index (χ4v) is 4.30. The Morgan fingerprint density at radius 3 is 2.54 bits per heavy atom. The van der Waals surface area contributed by atoms with E-state index in [9.17, 15) is 0 Å². The molecule has 1 aromatic carbocycles. The summed E-state index contributed by atoms with van der Waals surface area (Å²) in [5.41, 5.74) is 2.94. The fraction of sp³-hybridized carbons (Fsp3) is 0.400. The van der Waals surface area contributed by atoms with Crippen LogP contribution in [0.3, 0.4) is 0 Å². The molecule has 1 N–H and O–H groups in total. The van der Waals surface area contributed by atoms with Gasteiger partial charge < -0.3 is 19.5 Å². The molecular weight excluding hydrogens is 446 g/mol. The topological polar surface area (TPSA) is 109 Å². The van der Waals surface area contributed by atoms with Crippen LogP contribution in [0.1, 0.15) is 43.7 Å². The fourth-order valence-electron chi connectivity index (χ4n) is 4.30. The molecule has 3 aromatic heterocycles. The highest BCUT2D eigenvalue weighted by Crippen LogP contribution is 2.36. The predicted octanol–water partition coefficient (Wildman–Crippen LogP) is 3.76. The normalized spacial score (nSPS) is 18.9. The van der Waals surface area contributed by atoms with Crippen molar-refractivity contribution in [2.75, 3.05) is 19.0 Å². The first-order valence-electron chi connectivity index (χ1n) is 11.9. The lowest BCUT2D eigenvalue weighted by Crippen LogP contribution is -2.25. The van der Waals surface area contributed by atoms with Gasteiger partial charge in [-0.05, 0) is 38.3 Å². The van der Waals surface area contributed by atoms with E-state index in [0.29, 0.717) is 41.4 Å². The lowest BCUT2D eigenvalue weighted by atomic mass is 10.2. The summed E-state index contributed by atoms with van der Waals surface area (Å²) >= 11 is 0. The number of methoxy groups -OCH3 is 1. The average Bonchev–Trinajstić information content (AvgIpc) is 3.63. The van der Waals surface area contributed by atoms with Crippen molar-refractivity contribution in [3.63, 3.8) is 0 Å². The Balaban J connectivity index is 0.000000362.